The van der Waals surface area contributed by atoms with Crippen LogP contribution in [-0.4, -0.2) is 29.1 Å². The summed E-state index contributed by atoms with van der Waals surface area (Å²) in [5.74, 6) is 0. The first-order valence-electron chi connectivity index (χ1n) is 6.94. The minimum atomic E-state index is 0.443. The number of fused-ring (bicyclic) bond motifs is 1. The van der Waals surface area contributed by atoms with Crippen LogP contribution in [0.3, 0.4) is 0 Å². The van der Waals surface area contributed by atoms with Crippen LogP contribution in [0.5, 0.6) is 0 Å². The van der Waals surface area contributed by atoms with E-state index in [1.54, 1.807) is 12.4 Å². The van der Waals surface area contributed by atoms with Gasteiger partial charge < -0.3 is 10.6 Å². The largest absolute Gasteiger partial charge is 0.315 e. The van der Waals surface area contributed by atoms with Crippen LogP contribution in [0, 0.1) is 0 Å². The molecule has 2 rings (SSSR count). The highest BCUT2D eigenvalue weighted by molar-refractivity contribution is 5.77. The Morgan fingerprint density at radius 1 is 1.21 bits per heavy atom. The minimum absolute atomic E-state index is 0.443. The lowest BCUT2D eigenvalue weighted by Gasteiger charge is -2.15. The van der Waals surface area contributed by atoms with Crippen LogP contribution >= 0.6 is 0 Å². The van der Waals surface area contributed by atoms with Crippen molar-refractivity contribution in [1.29, 1.82) is 0 Å². The molecule has 0 aliphatic carbocycles. The van der Waals surface area contributed by atoms with Gasteiger partial charge in [0.05, 0.1) is 11.0 Å². The molecule has 2 aromatic rings. The summed E-state index contributed by atoms with van der Waals surface area (Å²) in [7, 11) is 0. The number of aromatic nitrogens is 2. The van der Waals surface area contributed by atoms with E-state index in [1.165, 1.54) is 12.0 Å². The second kappa shape index (κ2) is 7.16. The summed E-state index contributed by atoms with van der Waals surface area (Å²) in [6.45, 7) is 7.26. The molecule has 1 atom stereocenters. The predicted octanol–water partition coefficient (Wildman–Crippen LogP) is 2.11. The van der Waals surface area contributed by atoms with E-state index in [9.17, 15) is 0 Å². The maximum atomic E-state index is 4.42. The predicted molar refractivity (Wildman–Crippen MR) is 79.0 cm³/mol. The molecular weight excluding hydrogens is 236 g/mol. The van der Waals surface area contributed by atoms with Crippen molar-refractivity contribution in [2.24, 2.45) is 0 Å². The zero-order valence-electron chi connectivity index (χ0n) is 11.7. The third-order valence-corrected chi connectivity index (χ3v) is 3.10. The topological polar surface area (TPSA) is 49.8 Å². The van der Waals surface area contributed by atoms with E-state index in [0.29, 0.717) is 6.04 Å². The number of hydrogen-bond donors (Lipinski definition) is 2. The fourth-order valence-corrected chi connectivity index (χ4v) is 2.05. The number of para-hydroxylation sites is 1. The summed E-state index contributed by atoms with van der Waals surface area (Å²) >= 11 is 0. The Morgan fingerprint density at radius 3 is 2.89 bits per heavy atom. The first kappa shape index (κ1) is 13.9. The molecule has 1 aromatic carbocycles. The van der Waals surface area contributed by atoms with Crippen LogP contribution in [0.4, 0.5) is 0 Å². The van der Waals surface area contributed by atoms with Gasteiger partial charge >= 0.3 is 0 Å². The van der Waals surface area contributed by atoms with E-state index >= 15 is 0 Å². The van der Waals surface area contributed by atoms with Gasteiger partial charge in [0, 0.05) is 31.5 Å². The lowest BCUT2D eigenvalue weighted by molar-refractivity contribution is 0.502. The average molecular weight is 258 g/mol. The minimum Gasteiger partial charge on any atom is -0.315 e. The van der Waals surface area contributed by atoms with Crippen molar-refractivity contribution in [2.45, 2.75) is 32.9 Å². The van der Waals surface area contributed by atoms with E-state index in [2.05, 4.69) is 40.5 Å². The number of benzene rings is 1. The van der Waals surface area contributed by atoms with E-state index in [0.717, 1.165) is 30.7 Å². The van der Waals surface area contributed by atoms with Crippen LogP contribution in [0.2, 0.25) is 0 Å². The highest BCUT2D eigenvalue weighted by atomic mass is 15.0. The Balaban J connectivity index is 1.94. The zero-order valence-corrected chi connectivity index (χ0v) is 11.7. The van der Waals surface area contributed by atoms with Crippen LogP contribution in [0.15, 0.2) is 30.6 Å². The summed E-state index contributed by atoms with van der Waals surface area (Å²) in [6.07, 6.45) is 4.65. The molecule has 0 bridgehead atoms. The highest BCUT2D eigenvalue weighted by Crippen LogP contribution is 2.13. The molecule has 0 aliphatic heterocycles. The summed E-state index contributed by atoms with van der Waals surface area (Å²) in [4.78, 5) is 8.74. The molecule has 0 saturated carbocycles. The van der Waals surface area contributed by atoms with Gasteiger partial charge in [0.2, 0.25) is 0 Å². The van der Waals surface area contributed by atoms with Gasteiger partial charge in [-0.25, -0.2) is 0 Å². The Morgan fingerprint density at radius 2 is 2.05 bits per heavy atom. The second-order valence-electron chi connectivity index (χ2n) is 4.83. The fourth-order valence-electron chi connectivity index (χ4n) is 2.05. The first-order valence-corrected chi connectivity index (χ1v) is 6.94. The molecule has 102 valence electrons. The first-order chi connectivity index (χ1) is 9.31. The van der Waals surface area contributed by atoms with Crippen molar-refractivity contribution in [3.8, 4) is 0 Å². The Labute approximate surface area is 114 Å². The van der Waals surface area contributed by atoms with Gasteiger partial charge in [0.15, 0.2) is 0 Å². The fraction of sp³-hybridized carbons (Fsp3) is 0.467. The molecule has 4 heteroatoms. The molecule has 19 heavy (non-hydrogen) atoms. The number of hydrogen-bond acceptors (Lipinski definition) is 4. The van der Waals surface area contributed by atoms with Crippen LogP contribution in [0.1, 0.15) is 25.8 Å². The summed E-state index contributed by atoms with van der Waals surface area (Å²) in [5, 5.41) is 6.94. The van der Waals surface area contributed by atoms with E-state index in [-0.39, 0.29) is 0 Å². The molecule has 1 heterocycles. The Kier molecular flexibility index (Phi) is 5.24. The van der Waals surface area contributed by atoms with Gasteiger partial charge in [-0.15, -0.1) is 0 Å². The molecule has 0 amide bonds. The third-order valence-electron chi connectivity index (χ3n) is 3.10. The second-order valence-corrected chi connectivity index (χ2v) is 4.83. The standard InChI is InChI=1S/C15H22N4/c1-3-7-16-10-12(2)19-11-13-5-4-6-14-15(13)18-9-8-17-14/h4-6,8-9,12,16,19H,3,7,10-11H2,1-2H3. The van der Waals surface area contributed by atoms with Gasteiger partial charge in [-0.3, -0.25) is 9.97 Å². The van der Waals surface area contributed by atoms with Crippen molar-refractivity contribution >= 4 is 11.0 Å². The van der Waals surface area contributed by atoms with Crippen LogP contribution < -0.4 is 10.6 Å². The molecule has 0 saturated heterocycles. The molecule has 1 unspecified atom stereocenters. The van der Waals surface area contributed by atoms with E-state index in [4.69, 9.17) is 0 Å². The summed E-state index contributed by atoms with van der Waals surface area (Å²) in [6, 6.07) is 6.58. The zero-order chi connectivity index (χ0) is 13.5. The lowest BCUT2D eigenvalue weighted by atomic mass is 10.1. The smallest absolute Gasteiger partial charge is 0.0931 e. The number of nitrogens with one attached hydrogen (secondary N) is 2. The molecule has 1 aromatic heterocycles. The Hall–Kier alpha value is -1.52. The van der Waals surface area contributed by atoms with Crippen molar-refractivity contribution < 1.29 is 0 Å². The molecular formula is C15H22N4. The van der Waals surface area contributed by atoms with Gasteiger partial charge in [0.25, 0.3) is 0 Å². The van der Waals surface area contributed by atoms with E-state index < -0.39 is 0 Å². The summed E-state index contributed by atoms with van der Waals surface area (Å²) in [5.41, 5.74) is 3.15. The third kappa shape index (κ3) is 3.98. The van der Waals surface area contributed by atoms with Gasteiger partial charge in [0.1, 0.15) is 0 Å². The van der Waals surface area contributed by atoms with E-state index in [1.807, 2.05) is 12.1 Å². The monoisotopic (exact) mass is 258 g/mol. The van der Waals surface area contributed by atoms with Crippen LogP contribution in [-0.2, 0) is 6.54 Å². The molecule has 0 fully saturated rings. The van der Waals surface area contributed by atoms with Gasteiger partial charge in [-0.2, -0.15) is 0 Å². The van der Waals surface area contributed by atoms with Gasteiger partial charge in [-0.05, 0) is 31.5 Å². The lowest BCUT2D eigenvalue weighted by Crippen LogP contribution is -2.36. The molecule has 2 N–H and O–H groups in total. The molecule has 4 nitrogen and oxygen atoms in total. The van der Waals surface area contributed by atoms with Gasteiger partial charge in [-0.1, -0.05) is 19.1 Å². The number of nitrogens with zero attached hydrogens (tertiary/aromatic N) is 2. The quantitative estimate of drug-likeness (QED) is 0.747. The summed E-state index contributed by atoms with van der Waals surface area (Å²) < 4.78 is 0. The van der Waals surface area contributed by atoms with Crippen LogP contribution in [0.25, 0.3) is 11.0 Å². The van der Waals surface area contributed by atoms with Crippen molar-refractivity contribution in [3.05, 3.63) is 36.2 Å². The maximum Gasteiger partial charge on any atom is 0.0931 e. The maximum absolute atomic E-state index is 4.42. The Bertz CT molecular complexity index is 507. The molecule has 0 spiro atoms. The highest BCUT2D eigenvalue weighted by Gasteiger charge is 2.05. The molecule has 0 aliphatic rings. The number of rotatable bonds is 7. The SMILES string of the molecule is CCCNCC(C)NCc1cccc2nccnc12. The van der Waals surface area contributed by atoms with Crippen molar-refractivity contribution in [3.63, 3.8) is 0 Å². The normalized spacial score (nSPS) is 12.7. The van der Waals surface area contributed by atoms with Crippen molar-refractivity contribution in [1.82, 2.24) is 20.6 Å². The average Bonchev–Trinajstić information content (AvgIpc) is 2.45. The molecule has 0 radical (unpaired) electrons. The van der Waals surface area contributed by atoms with Crippen molar-refractivity contribution in [2.75, 3.05) is 13.1 Å².